The molecular weight excluding hydrogens is 400 g/mol. The van der Waals surface area contributed by atoms with Crippen molar-refractivity contribution < 1.29 is 13.6 Å². The highest BCUT2D eigenvalue weighted by Crippen LogP contribution is 2.42. The Kier molecular flexibility index (Phi) is 5.45. The maximum absolute atomic E-state index is 13.0. The topological polar surface area (TPSA) is 70.2 Å². The van der Waals surface area contributed by atoms with Crippen LogP contribution in [-0.4, -0.2) is 33.9 Å². The highest BCUT2D eigenvalue weighted by Gasteiger charge is 2.47. The fourth-order valence-corrected chi connectivity index (χ4v) is 4.06. The summed E-state index contributed by atoms with van der Waals surface area (Å²) in [6.45, 7) is 8.44. The van der Waals surface area contributed by atoms with Crippen molar-refractivity contribution in [3.05, 3.63) is 41.6 Å². The van der Waals surface area contributed by atoms with Crippen molar-refractivity contribution in [2.75, 3.05) is 10.2 Å². The van der Waals surface area contributed by atoms with E-state index in [1.54, 1.807) is 11.1 Å². The standard InChI is InChI=1S/C23H29F2N5O/c1-5-14(2)30-19-18(22(3,4)20(30)31)13-27-21(29-19)28-16-8-6-15(7-9-16)12-26-17-10-23(24,25)11-17/h6-9,13-14,17,26H,5,10-12H2,1-4H3,(H,27,28,29)/t14-/m0/s1. The number of anilines is 3. The zero-order chi connectivity index (χ0) is 22.4. The largest absolute Gasteiger partial charge is 0.324 e. The number of nitrogens with one attached hydrogen (secondary N) is 2. The van der Waals surface area contributed by atoms with Gasteiger partial charge in [0.25, 0.3) is 5.92 Å². The number of benzene rings is 1. The van der Waals surface area contributed by atoms with Gasteiger partial charge in [0.15, 0.2) is 0 Å². The van der Waals surface area contributed by atoms with Gasteiger partial charge in [-0.1, -0.05) is 19.1 Å². The summed E-state index contributed by atoms with van der Waals surface area (Å²) in [6.07, 6.45) is 2.39. The lowest BCUT2D eigenvalue weighted by molar-refractivity contribution is -0.122. The minimum absolute atomic E-state index is 0.0457. The van der Waals surface area contributed by atoms with E-state index >= 15 is 0 Å². The molecule has 1 aliphatic carbocycles. The lowest BCUT2D eigenvalue weighted by Gasteiger charge is -2.35. The summed E-state index contributed by atoms with van der Waals surface area (Å²) in [6, 6.07) is 7.63. The number of alkyl halides is 2. The molecule has 31 heavy (non-hydrogen) atoms. The first-order valence-electron chi connectivity index (χ1n) is 10.8. The van der Waals surface area contributed by atoms with Gasteiger partial charge in [0.1, 0.15) is 5.82 Å². The Morgan fingerprint density at radius 3 is 2.52 bits per heavy atom. The Morgan fingerprint density at radius 2 is 1.90 bits per heavy atom. The van der Waals surface area contributed by atoms with Gasteiger partial charge in [-0.3, -0.25) is 9.69 Å². The molecule has 1 aliphatic heterocycles. The summed E-state index contributed by atoms with van der Waals surface area (Å²) in [5.41, 5.74) is 2.03. The number of hydrogen-bond donors (Lipinski definition) is 2. The average molecular weight is 430 g/mol. The molecule has 4 rings (SSSR count). The van der Waals surface area contributed by atoms with E-state index in [1.807, 2.05) is 45.0 Å². The molecule has 2 aliphatic rings. The summed E-state index contributed by atoms with van der Waals surface area (Å²) < 4.78 is 25.9. The second kappa shape index (κ2) is 7.82. The smallest absolute Gasteiger partial charge is 0.251 e. The summed E-state index contributed by atoms with van der Waals surface area (Å²) in [5, 5.41) is 6.36. The summed E-state index contributed by atoms with van der Waals surface area (Å²) >= 11 is 0. The van der Waals surface area contributed by atoms with Gasteiger partial charge in [-0.2, -0.15) is 4.98 Å². The Labute approximate surface area is 181 Å². The number of halogens is 2. The highest BCUT2D eigenvalue weighted by atomic mass is 19.3. The van der Waals surface area contributed by atoms with Crippen molar-refractivity contribution in [1.29, 1.82) is 0 Å². The fourth-order valence-electron chi connectivity index (χ4n) is 4.06. The van der Waals surface area contributed by atoms with E-state index in [0.29, 0.717) is 18.3 Å². The molecule has 1 atom stereocenters. The second-order valence-electron chi connectivity index (χ2n) is 9.15. The first-order valence-corrected chi connectivity index (χ1v) is 10.8. The van der Waals surface area contributed by atoms with Gasteiger partial charge in [-0.05, 0) is 44.9 Å². The third kappa shape index (κ3) is 4.13. The molecule has 2 N–H and O–H groups in total. The maximum atomic E-state index is 13.0. The second-order valence-corrected chi connectivity index (χ2v) is 9.15. The lowest BCUT2D eigenvalue weighted by Crippen LogP contribution is -2.48. The Balaban J connectivity index is 1.44. The van der Waals surface area contributed by atoms with Gasteiger partial charge < -0.3 is 10.6 Å². The van der Waals surface area contributed by atoms with Crippen LogP contribution in [0.3, 0.4) is 0 Å². The van der Waals surface area contributed by atoms with Crippen molar-refractivity contribution in [2.24, 2.45) is 0 Å². The normalized spacial score (nSPS) is 20.3. The van der Waals surface area contributed by atoms with Crippen LogP contribution in [0.1, 0.15) is 58.1 Å². The number of fused-ring (bicyclic) bond motifs is 1. The van der Waals surface area contributed by atoms with E-state index in [0.717, 1.165) is 23.2 Å². The molecule has 0 bridgehead atoms. The molecule has 8 heteroatoms. The van der Waals surface area contributed by atoms with Gasteiger partial charge in [-0.25, -0.2) is 13.8 Å². The van der Waals surface area contributed by atoms with Crippen LogP contribution >= 0.6 is 0 Å². The van der Waals surface area contributed by atoms with Crippen molar-refractivity contribution >= 4 is 23.4 Å². The zero-order valence-electron chi connectivity index (χ0n) is 18.4. The molecule has 2 heterocycles. The quantitative estimate of drug-likeness (QED) is 0.677. The van der Waals surface area contributed by atoms with E-state index in [-0.39, 0.29) is 30.8 Å². The molecule has 0 unspecified atom stereocenters. The minimum Gasteiger partial charge on any atom is -0.324 e. The zero-order valence-corrected chi connectivity index (χ0v) is 18.4. The number of aromatic nitrogens is 2. The molecule has 1 fully saturated rings. The Morgan fingerprint density at radius 1 is 1.23 bits per heavy atom. The number of hydrogen-bond acceptors (Lipinski definition) is 5. The predicted molar refractivity (Wildman–Crippen MR) is 117 cm³/mol. The van der Waals surface area contributed by atoms with E-state index in [1.165, 1.54) is 0 Å². The number of amides is 1. The van der Waals surface area contributed by atoms with Crippen LogP contribution in [-0.2, 0) is 16.8 Å². The molecule has 1 saturated carbocycles. The lowest BCUT2D eigenvalue weighted by atomic mass is 9.88. The summed E-state index contributed by atoms with van der Waals surface area (Å²) in [7, 11) is 0. The van der Waals surface area contributed by atoms with Gasteiger partial charge in [0, 0.05) is 48.9 Å². The van der Waals surface area contributed by atoms with Crippen LogP contribution in [0.5, 0.6) is 0 Å². The molecule has 2 aromatic rings. The molecule has 1 aromatic heterocycles. The first kappa shape index (κ1) is 21.6. The number of carbonyl (C=O) groups excluding carboxylic acids is 1. The van der Waals surface area contributed by atoms with Gasteiger partial charge in [0.2, 0.25) is 11.9 Å². The van der Waals surface area contributed by atoms with E-state index in [9.17, 15) is 13.6 Å². The van der Waals surface area contributed by atoms with Crippen LogP contribution < -0.4 is 15.5 Å². The van der Waals surface area contributed by atoms with E-state index < -0.39 is 11.3 Å². The van der Waals surface area contributed by atoms with Crippen molar-refractivity contribution in [3.8, 4) is 0 Å². The minimum atomic E-state index is -2.51. The first-order chi connectivity index (χ1) is 14.6. The molecule has 0 radical (unpaired) electrons. The Hall–Kier alpha value is -2.61. The van der Waals surface area contributed by atoms with Crippen LogP contribution in [0.2, 0.25) is 0 Å². The molecule has 1 aromatic carbocycles. The predicted octanol–water partition coefficient (Wildman–Crippen LogP) is 4.53. The number of nitrogens with zero attached hydrogens (tertiary/aromatic N) is 3. The van der Waals surface area contributed by atoms with Crippen LogP contribution in [0.25, 0.3) is 0 Å². The van der Waals surface area contributed by atoms with Crippen molar-refractivity contribution in [3.63, 3.8) is 0 Å². The number of carbonyl (C=O) groups is 1. The molecular formula is C23H29F2N5O. The SMILES string of the molecule is CC[C@H](C)N1C(=O)C(C)(C)c2cnc(Nc3ccc(CNC4CC(F)(F)C4)cc3)nc21. The van der Waals surface area contributed by atoms with Crippen molar-refractivity contribution in [1.82, 2.24) is 15.3 Å². The molecule has 166 valence electrons. The summed E-state index contributed by atoms with van der Waals surface area (Å²) in [4.78, 5) is 23.8. The van der Waals surface area contributed by atoms with Gasteiger partial charge in [0.05, 0.1) is 5.41 Å². The highest BCUT2D eigenvalue weighted by molar-refractivity contribution is 6.07. The fraction of sp³-hybridized carbons (Fsp3) is 0.522. The average Bonchev–Trinajstić information content (AvgIpc) is 2.90. The third-order valence-corrected chi connectivity index (χ3v) is 6.35. The third-order valence-electron chi connectivity index (χ3n) is 6.35. The van der Waals surface area contributed by atoms with E-state index in [2.05, 4.69) is 27.5 Å². The van der Waals surface area contributed by atoms with Crippen molar-refractivity contribution in [2.45, 2.75) is 76.9 Å². The molecule has 0 spiro atoms. The molecule has 1 amide bonds. The summed E-state index contributed by atoms with van der Waals surface area (Å²) in [5.74, 6) is -1.37. The van der Waals surface area contributed by atoms with Crippen LogP contribution in [0.4, 0.5) is 26.2 Å². The maximum Gasteiger partial charge on any atom is 0.251 e. The monoisotopic (exact) mass is 429 g/mol. The number of rotatable bonds is 7. The molecule has 0 saturated heterocycles. The van der Waals surface area contributed by atoms with Gasteiger partial charge in [-0.15, -0.1) is 0 Å². The van der Waals surface area contributed by atoms with Gasteiger partial charge >= 0.3 is 0 Å². The molecule has 6 nitrogen and oxygen atoms in total. The van der Waals surface area contributed by atoms with Crippen LogP contribution in [0.15, 0.2) is 30.5 Å². The Bertz CT molecular complexity index is 968. The van der Waals surface area contributed by atoms with Crippen LogP contribution in [0, 0.1) is 0 Å². The van der Waals surface area contributed by atoms with E-state index in [4.69, 9.17) is 0 Å².